The Hall–Kier alpha value is -2.13. The summed E-state index contributed by atoms with van der Waals surface area (Å²) in [5, 5.41) is 13.2. The number of carbonyl (C=O) groups excluding carboxylic acids is 1. The van der Waals surface area contributed by atoms with Crippen molar-refractivity contribution >= 4 is 5.91 Å². The van der Waals surface area contributed by atoms with Crippen molar-refractivity contribution in [3.63, 3.8) is 0 Å². The molecule has 1 aliphatic carbocycles. The van der Waals surface area contributed by atoms with Gasteiger partial charge in [-0.2, -0.15) is 0 Å². The highest BCUT2D eigenvalue weighted by molar-refractivity contribution is 5.76. The lowest BCUT2D eigenvalue weighted by Crippen LogP contribution is -2.23. The van der Waals surface area contributed by atoms with Crippen LogP contribution in [0.3, 0.4) is 0 Å². The summed E-state index contributed by atoms with van der Waals surface area (Å²) in [7, 11) is 0. The van der Waals surface area contributed by atoms with Gasteiger partial charge >= 0.3 is 0 Å². The third kappa shape index (κ3) is 6.16. The Labute approximate surface area is 118 Å². The molecule has 0 aromatic carbocycles. The summed E-state index contributed by atoms with van der Waals surface area (Å²) >= 11 is 0. The predicted molar refractivity (Wildman–Crippen MR) is 76.1 cm³/mol. The van der Waals surface area contributed by atoms with Gasteiger partial charge in [0, 0.05) is 18.1 Å². The number of hydrogen-bond donors (Lipinski definition) is 2. The van der Waals surface area contributed by atoms with E-state index in [9.17, 15) is 14.9 Å². The quantitative estimate of drug-likeness (QED) is 0.315. The standard InChI is InChI=1S/C14H19N3O3/c15-9-3-1-2-6-14(18)16-10-4-5-12-7-8-13(11-12)17(19)20/h7,11H,1-3,6,8-10,15H2,(H,16,18). The van der Waals surface area contributed by atoms with Gasteiger partial charge in [-0.15, -0.1) is 0 Å². The number of allylic oxidation sites excluding steroid dienone is 3. The van der Waals surface area contributed by atoms with E-state index in [1.54, 1.807) is 6.08 Å². The van der Waals surface area contributed by atoms with Crippen LogP contribution in [0, 0.1) is 22.0 Å². The van der Waals surface area contributed by atoms with Crippen molar-refractivity contribution in [2.45, 2.75) is 32.1 Å². The van der Waals surface area contributed by atoms with Crippen molar-refractivity contribution in [2.24, 2.45) is 5.73 Å². The minimum atomic E-state index is -0.408. The molecular formula is C14H19N3O3. The molecular weight excluding hydrogens is 258 g/mol. The number of rotatable bonds is 7. The summed E-state index contributed by atoms with van der Waals surface area (Å²) in [4.78, 5) is 21.5. The van der Waals surface area contributed by atoms with E-state index in [-0.39, 0.29) is 18.1 Å². The minimum absolute atomic E-state index is 0.0294. The van der Waals surface area contributed by atoms with Gasteiger partial charge in [-0.1, -0.05) is 24.3 Å². The van der Waals surface area contributed by atoms with Crippen LogP contribution in [0.1, 0.15) is 32.1 Å². The highest BCUT2D eigenvalue weighted by Gasteiger charge is 2.14. The monoisotopic (exact) mass is 277 g/mol. The largest absolute Gasteiger partial charge is 0.345 e. The molecule has 0 saturated carbocycles. The average molecular weight is 277 g/mol. The van der Waals surface area contributed by atoms with E-state index < -0.39 is 4.92 Å². The minimum Gasteiger partial charge on any atom is -0.345 e. The number of carbonyl (C=O) groups is 1. The molecule has 1 amide bonds. The van der Waals surface area contributed by atoms with E-state index >= 15 is 0 Å². The van der Waals surface area contributed by atoms with Crippen LogP contribution in [0.25, 0.3) is 0 Å². The van der Waals surface area contributed by atoms with Crippen LogP contribution in [0.15, 0.2) is 23.4 Å². The Kier molecular flexibility index (Phi) is 7.07. The fraction of sp³-hybridized carbons (Fsp3) is 0.500. The fourth-order valence-electron chi connectivity index (χ4n) is 1.71. The molecule has 1 rings (SSSR count). The van der Waals surface area contributed by atoms with Crippen LogP contribution < -0.4 is 11.1 Å². The van der Waals surface area contributed by atoms with Crippen molar-refractivity contribution < 1.29 is 9.72 Å². The molecule has 0 atom stereocenters. The molecule has 0 aromatic rings. The SMILES string of the molecule is NCCCCCC(=O)NCC#CC1=CCC([N+](=O)[O-])=C1. The molecule has 3 N–H and O–H groups in total. The highest BCUT2D eigenvalue weighted by atomic mass is 16.6. The summed E-state index contributed by atoms with van der Waals surface area (Å²) in [6, 6.07) is 0. The van der Waals surface area contributed by atoms with Crippen LogP contribution in [0.5, 0.6) is 0 Å². The topological polar surface area (TPSA) is 98.3 Å². The Morgan fingerprint density at radius 2 is 2.25 bits per heavy atom. The van der Waals surface area contributed by atoms with E-state index in [1.807, 2.05) is 0 Å². The zero-order valence-electron chi connectivity index (χ0n) is 11.4. The third-order valence-corrected chi connectivity index (χ3v) is 2.80. The van der Waals surface area contributed by atoms with Gasteiger partial charge < -0.3 is 11.1 Å². The van der Waals surface area contributed by atoms with Gasteiger partial charge in [0.25, 0.3) is 5.70 Å². The second-order valence-corrected chi connectivity index (χ2v) is 4.43. The molecule has 0 saturated heterocycles. The van der Waals surface area contributed by atoms with E-state index in [2.05, 4.69) is 17.2 Å². The lowest BCUT2D eigenvalue weighted by molar-refractivity contribution is -0.426. The van der Waals surface area contributed by atoms with Gasteiger partial charge in [0.15, 0.2) is 0 Å². The highest BCUT2D eigenvalue weighted by Crippen LogP contribution is 2.16. The fourth-order valence-corrected chi connectivity index (χ4v) is 1.71. The van der Waals surface area contributed by atoms with Gasteiger partial charge in [-0.3, -0.25) is 14.9 Å². The van der Waals surface area contributed by atoms with Gasteiger partial charge in [0.1, 0.15) is 0 Å². The first-order valence-electron chi connectivity index (χ1n) is 6.64. The Balaban J connectivity index is 2.20. The summed E-state index contributed by atoms with van der Waals surface area (Å²) in [6.45, 7) is 0.913. The Bertz CT molecular complexity index is 484. The van der Waals surface area contributed by atoms with Crippen LogP contribution in [-0.4, -0.2) is 23.9 Å². The van der Waals surface area contributed by atoms with Gasteiger partial charge in [-0.25, -0.2) is 0 Å². The Morgan fingerprint density at radius 1 is 1.45 bits per heavy atom. The molecule has 0 heterocycles. The van der Waals surface area contributed by atoms with Crippen LogP contribution in [0.2, 0.25) is 0 Å². The predicted octanol–water partition coefficient (Wildman–Crippen LogP) is 1.12. The first-order valence-corrected chi connectivity index (χ1v) is 6.64. The molecule has 0 aromatic heterocycles. The molecule has 0 aliphatic heterocycles. The molecule has 0 bridgehead atoms. The first-order chi connectivity index (χ1) is 9.63. The van der Waals surface area contributed by atoms with E-state index in [0.717, 1.165) is 19.3 Å². The van der Waals surface area contributed by atoms with E-state index in [1.165, 1.54) is 6.08 Å². The van der Waals surface area contributed by atoms with Crippen molar-refractivity contribution in [2.75, 3.05) is 13.1 Å². The number of nitrogens with two attached hydrogens (primary N) is 1. The van der Waals surface area contributed by atoms with Crippen molar-refractivity contribution in [1.29, 1.82) is 0 Å². The number of nitrogens with one attached hydrogen (secondary N) is 1. The van der Waals surface area contributed by atoms with E-state index in [4.69, 9.17) is 5.73 Å². The van der Waals surface area contributed by atoms with Crippen molar-refractivity contribution in [3.05, 3.63) is 33.5 Å². The second kappa shape index (κ2) is 8.88. The van der Waals surface area contributed by atoms with E-state index in [0.29, 0.717) is 25.0 Å². The summed E-state index contributed by atoms with van der Waals surface area (Å²) < 4.78 is 0. The molecule has 6 heteroatoms. The second-order valence-electron chi connectivity index (χ2n) is 4.43. The Morgan fingerprint density at radius 3 is 2.90 bits per heavy atom. The number of amides is 1. The lowest BCUT2D eigenvalue weighted by Gasteiger charge is -2.00. The smallest absolute Gasteiger partial charge is 0.251 e. The number of unbranched alkanes of at least 4 members (excludes halogenated alkanes) is 2. The maximum Gasteiger partial charge on any atom is 0.251 e. The van der Waals surface area contributed by atoms with Crippen LogP contribution in [0.4, 0.5) is 0 Å². The molecule has 0 radical (unpaired) electrons. The van der Waals surface area contributed by atoms with Gasteiger partial charge in [-0.05, 0) is 19.4 Å². The number of hydrogen-bond acceptors (Lipinski definition) is 4. The molecule has 20 heavy (non-hydrogen) atoms. The van der Waals surface area contributed by atoms with Crippen molar-refractivity contribution in [3.8, 4) is 11.8 Å². The molecule has 0 unspecified atom stereocenters. The molecule has 0 fully saturated rings. The summed E-state index contributed by atoms with van der Waals surface area (Å²) in [6.07, 6.45) is 6.68. The number of nitro groups is 1. The maximum atomic E-state index is 11.4. The number of nitrogens with zero attached hydrogens (tertiary/aromatic N) is 1. The zero-order valence-corrected chi connectivity index (χ0v) is 11.4. The van der Waals surface area contributed by atoms with Crippen LogP contribution >= 0.6 is 0 Å². The van der Waals surface area contributed by atoms with Gasteiger partial charge in [0.05, 0.1) is 17.9 Å². The first kappa shape index (κ1) is 15.9. The zero-order chi connectivity index (χ0) is 14.8. The maximum absolute atomic E-state index is 11.4. The average Bonchev–Trinajstić information content (AvgIpc) is 2.89. The third-order valence-electron chi connectivity index (χ3n) is 2.80. The molecule has 1 aliphatic rings. The molecule has 108 valence electrons. The normalized spacial score (nSPS) is 13.1. The molecule has 6 nitrogen and oxygen atoms in total. The van der Waals surface area contributed by atoms with Gasteiger partial charge in [0.2, 0.25) is 5.91 Å². The summed E-state index contributed by atoms with van der Waals surface area (Å²) in [5.41, 5.74) is 6.15. The molecule has 0 spiro atoms. The summed E-state index contributed by atoms with van der Waals surface area (Å²) in [5.74, 6) is 5.55. The lowest BCUT2D eigenvalue weighted by atomic mass is 10.2. The van der Waals surface area contributed by atoms with Crippen molar-refractivity contribution in [1.82, 2.24) is 5.32 Å². The van der Waals surface area contributed by atoms with Crippen LogP contribution in [-0.2, 0) is 4.79 Å².